The molecule has 2 fully saturated rings. The van der Waals surface area contributed by atoms with Crippen molar-refractivity contribution in [2.45, 2.75) is 64.0 Å². The van der Waals surface area contributed by atoms with E-state index in [1.54, 1.807) is 0 Å². The number of rotatable bonds is 1. The lowest BCUT2D eigenvalue weighted by molar-refractivity contribution is 0.0936. The number of nitrogens with one attached hydrogen (secondary N) is 1. The van der Waals surface area contributed by atoms with Crippen molar-refractivity contribution in [2.75, 3.05) is 19.6 Å². The summed E-state index contributed by atoms with van der Waals surface area (Å²) in [5, 5.41) is 3.82. The van der Waals surface area contributed by atoms with Gasteiger partial charge in [-0.3, -0.25) is 4.90 Å². The molecule has 1 aliphatic heterocycles. The van der Waals surface area contributed by atoms with Crippen LogP contribution in [-0.4, -0.2) is 36.1 Å². The fourth-order valence-corrected chi connectivity index (χ4v) is 3.17. The minimum atomic E-state index is 0.471. The molecule has 1 saturated heterocycles. The van der Waals surface area contributed by atoms with E-state index in [2.05, 4.69) is 24.1 Å². The van der Waals surface area contributed by atoms with Crippen molar-refractivity contribution in [3.8, 4) is 0 Å². The molecule has 15 heavy (non-hydrogen) atoms. The maximum Gasteiger partial charge on any atom is 0.0309 e. The van der Waals surface area contributed by atoms with Crippen molar-refractivity contribution < 1.29 is 0 Å². The monoisotopic (exact) mass is 210 g/mol. The van der Waals surface area contributed by atoms with Gasteiger partial charge in [-0.15, -0.1) is 0 Å². The number of hydrogen-bond donors (Lipinski definition) is 1. The van der Waals surface area contributed by atoms with Gasteiger partial charge in [-0.25, -0.2) is 0 Å². The van der Waals surface area contributed by atoms with Gasteiger partial charge < -0.3 is 5.32 Å². The first-order valence-corrected chi connectivity index (χ1v) is 6.71. The second-order valence-electron chi connectivity index (χ2n) is 5.69. The predicted molar refractivity (Wildman–Crippen MR) is 65.1 cm³/mol. The Kier molecular flexibility index (Phi) is 3.68. The third-order valence-corrected chi connectivity index (χ3v) is 4.20. The molecule has 0 unspecified atom stereocenters. The highest BCUT2D eigenvalue weighted by Gasteiger charge is 2.35. The lowest BCUT2D eigenvalue weighted by atomic mass is 9.87. The molecule has 0 aromatic heterocycles. The van der Waals surface area contributed by atoms with Crippen molar-refractivity contribution in [3.05, 3.63) is 0 Å². The van der Waals surface area contributed by atoms with Gasteiger partial charge >= 0.3 is 0 Å². The summed E-state index contributed by atoms with van der Waals surface area (Å²) < 4.78 is 0. The first-order chi connectivity index (χ1) is 7.22. The van der Waals surface area contributed by atoms with Crippen LogP contribution in [0.25, 0.3) is 0 Å². The molecule has 0 aromatic carbocycles. The molecule has 0 radical (unpaired) electrons. The van der Waals surface area contributed by atoms with E-state index in [9.17, 15) is 0 Å². The molecule has 1 heterocycles. The van der Waals surface area contributed by atoms with E-state index in [4.69, 9.17) is 0 Å². The van der Waals surface area contributed by atoms with E-state index in [0.29, 0.717) is 11.6 Å². The Labute approximate surface area is 94.4 Å². The molecule has 0 aromatic rings. The molecule has 1 saturated carbocycles. The van der Waals surface area contributed by atoms with Crippen LogP contribution in [0.2, 0.25) is 0 Å². The van der Waals surface area contributed by atoms with Crippen LogP contribution in [-0.2, 0) is 0 Å². The van der Waals surface area contributed by atoms with Crippen molar-refractivity contribution in [3.63, 3.8) is 0 Å². The normalized spacial score (nSPS) is 28.2. The third kappa shape index (κ3) is 2.73. The van der Waals surface area contributed by atoms with Gasteiger partial charge in [0, 0.05) is 31.2 Å². The summed E-state index contributed by atoms with van der Waals surface area (Å²) in [7, 11) is 0. The van der Waals surface area contributed by atoms with Gasteiger partial charge in [-0.1, -0.05) is 25.7 Å². The molecule has 0 bridgehead atoms. The fourth-order valence-electron chi connectivity index (χ4n) is 3.17. The minimum absolute atomic E-state index is 0.471. The van der Waals surface area contributed by atoms with Crippen LogP contribution < -0.4 is 5.32 Å². The van der Waals surface area contributed by atoms with Gasteiger partial charge in [0.1, 0.15) is 0 Å². The molecule has 1 N–H and O–H groups in total. The molecule has 2 heteroatoms. The number of nitrogens with zero attached hydrogens (tertiary/aromatic N) is 1. The van der Waals surface area contributed by atoms with Gasteiger partial charge in [0.2, 0.25) is 0 Å². The van der Waals surface area contributed by atoms with Crippen LogP contribution in [0.5, 0.6) is 0 Å². The summed E-state index contributed by atoms with van der Waals surface area (Å²) in [4.78, 5) is 2.65. The lowest BCUT2D eigenvalue weighted by Crippen LogP contribution is -2.61. The van der Waals surface area contributed by atoms with Crippen LogP contribution in [0.4, 0.5) is 0 Å². The Bertz CT molecular complexity index is 193. The van der Waals surface area contributed by atoms with Gasteiger partial charge in [-0.2, -0.15) is 0 Å². The molecule has 0 atom stereocenters. The quantitative estimate of drug-likeness (QED) is 0.715. The summed E-state index contributed by atoms with van der Waals surface area (Å²) in [6.45, 7) is 8.37. The van der Waals surface area contributed by atoms with Gasteiger partial charge in [0.05, 0.1) is 0 Å². The van der Waals surface area contributed by atoms with E-state index in [1.807, 2.05) is 0 Å². The highest BCUT2D eigenvalue weighted by atomic mass is 15.2. The first kappa shape index (κ1) is 11.4. The zero-order valence-corrected chi connectivity index (χ0v) is 10.4. The van der Waals surface area contributed by atoms with Gasteiger partial charge in [0.15, 0.2) is 0 Å². The van der Waals surface area contributed by atoms with Crippen LogP contribution in [0.15, 0.2) is 0 Å². The largest absolute Gasteiger partial charge is 0.309 e. The molecule has 2 aliphatic rings. The first-order valence-electron chi connectivity index (χ1n) is 6.71. The maximum atomic E-state index is 3.82. The van der Waals surface area contributed by atoms with Gasteiger partial charge in [-0.05, 0) is 26.7 Å². The smallest absolute Gasteiger partial charge is 0.0309 e. The molecule has 2 rings (SSSR count). The van der Waals surface area contributed by atoms with Crippen molar-refractivity contribution in [1.29, 1.82) is 0 Å². The number of hydrogen-bond acceptors (Lipinski definition) is 2. The fraction of sp³-hybridized carbons (Fsp3) is 1.00. The molecule has 2 nitrogen and oxygen atoms in total. The van der Waals surface area contributed by atoms with E-state index in [-0.39, 0.29) is 0 Å². The summed E-state index contributed by atoms with van der Waals surface area (Å²) in [6, 6.07) is 0.715. The molecule has 88 valence electrons. The number of piperazine rings is 1. The Hall–Kier alpha value is -0.0800. The summed E-state index contributed by atoms with van der Waals surface area (Å²) in [6.07, 6.45) is 8.56. The van der Waals surface area contributed by atoms with Crippen LogP contribution in [0.1, 0.15) is 52.4 Å². The second kappa shape index (κ2) is 4.84. The minimum Gasteiger partial charge on any atom is -0.309 e. The van der Waals surface area contributed by atoms with Crippen LogP contribution in [0.3, 0.4) is 0 Å². The summed E-state index contributed by atoms with van der Waals surface area (Å²) in [5.41, 5.74) is 0.471. The van der Waals surface area contributed by atoms with Gasteiger partial charge in [0.25, 0.3) is 0 Å². The van der Waals surface area contributed by atoms with Crippen molar-refractivity contribution in [2.24, 2.45) is 0 Å². The summed E-state index contributed by atoms with van der Waals surface area (Å²) in [5.74, 6) is 0. The second-order valence-corrected chi connectivity index (χ2v) is 5.69. The van der Waals surface area contributed by atoms with Crippen molar-refractivity contribution in [1.82, 2.24) is 10.2 Å². The Morgan fingerprint density at radius 2 is 1.73 bits per heavy atom. The molecule has 1 spiro atoms. The Morgan fingerprint density at radius 3 is 2.33 bits per heavy atom. The zero-order valence-electron chi connectivity index (χ0n) is 10.4. The topological polar surface area (TPSA) is 15.3 Å². The van der Waals surface area contributed by atoms with Crippen LogP contribution >= 0.6 is 0 Å². The van der Waals surface area contributed by atoms with E-state index < -0.39 is 0 Å². The highest BCUT2D eigenvalue weighted by Crippen LogP contribution is 2.30. The lowest BCUT2D eigenvalue weighted by Gasteiger charge is -2.45. The molecular weight excluding hydrogens is 184 g/mol. The van der Waals surface area contributed by atoms with Crippen LogP contribution in [0, 0.1) is 0 Å². The standard InChI is InChI=1S/C13H26N2/c1-12(2)15-10-9-14-13(11-15)7-5-3-4-6-8-13/h12,14H,3-11H2,1-2H3. The molecular formula is C13H26N2. The average molecular weight is 210 g/mol. The molecule has 1 aliphatic carbocycles. The maximum absolute atomic E-state index is 3.82. The Morgan fingerprint density at radius 1 is 1.07 bits per heavy atom. The van der Waals surface area contributed by atoms with E-state index in [0.717, 1.165) is 0 Å². The summed E-state index contributed by atoms with van der Waals surface area (Å²) >= 11 is 0. The van der Waals surface area contributed by atoms with E-state index >= 15 is 0 Å². The molecule has 0 amide bonds. The SMILES string of the molecule is CC(C)N1CCNC2(CCCCCC2)C1. The third-order valence-electron chi connectivity index (χ3n) is 4.20. The van der Waals surface area contributed by atoms with E-state index in [1.165, 1.54) is 58.2 Å². The van der Waals surface area contributed by atoms with Crippen molar-refractivity contribution >= 4 is 0 Å². The average Bonchev–Trinajstić information content (AvgIpc) is 2.44. The predicted octanol–water partition coefficient (Wildman–Crippen LogP) is 2.39. The highest BCUT2D eigenvalue weighted by molar-refractivity contribution is 4.96. The Balaban J connectivity index is 1.99. The zero-order chi connectivity index (χ0) is 10.7.